The summed E-state index contributed by atoms with van der Waals surface area (Å²) in [6, 6.07) is 0. The standard InChI is InChI=1S/C4H9N3O2S/c1-3-10-4(5-2)6-7(8)9/h3H2,1-2H3,(H,5,6). The number of hydrazone groups is 1. The predicted octanol–water partition coefficient (Wildman–Crippen LogP) is 0.507. The second-order valence-corrected chi connectivity index (χ2v) is 2.58. The van der Waals surface area contributed by atoms with Gasteiger partial charge in [0.05, 0.1) is 5.10 Å². The molecule has 0 heterocycles. The monoisotopic (exact) mass is 163 g/mol. The van der Waals surface area contributed by atoms with Crippen molar-refractivity contribution in [1.82, 2.24) is 5.32 Å². The Bertz CT molecular complexity index is 147. The van der Waals surface area contributed by atoms with E-state index in [1.807, 2.05) is 6.92 Å². The van der Waals surface area contributed by atoms with Gasteiger partial charge in [0.1, 0.15) is 0 Å². The lowest BCUT2D eigenvalue weighted by atomic mass is 11.0. The van der Waals surface area contributed by atoms with Crippen molar-refractivity contribution < 1.29 is 5.03 Å². The quantitative estimate of drug-likeness (QED) is 0.279. The minimum absolute atomic E-state index is 0.340. The highest BCUT2D eigenvalue weighted by Gasteiger charge is 1.99. The van der Waals surface area contributed by atoms with Crippen LogP contribution >= 0.6 is 11.8 Å². The van der Waals surface area contributed by atoms with Gasteiger partial charge in [-0.15, -0.1) is 0 Å². The van der Waals surface area contributed by atoms with Crippen molar-refractivity contribution in [2.24, 2.45) is 5.10 Å². The number of rotatable bonds is 2. The van der Waals surface area contributed by atoms with E-state index in [1.165, 1.54) is 11.8 Å². The van der Waals surface area contributed by atoms with E-state index in [2.05, 4.69) is 10.4 Å². The molecule has 0 radical (unpaired) electrons. The molecule has 0 rings (SSSR count). The molecule has 0 aliphatic heterocycles. The van der Waals surface area contributed by atoms with Crippen LogP contribution in [0.3, 0.4) is 0 Å². The van der Waals surface area contributed by atoms with Gasteiger partial charge < -0.3 is 5.32 Å². The number of thioether (sulfide) groups is 1. The molecular weight excluding hydrogens is 154 g/mol. The maximum atomic E-state index is 9.81. The maximum Gasteiger partial charge on any atom is 0.234 e. The molecule has 58 valence electrons. The molecule has 0 saturated heterocycles. The summed E-state index contributed by atoms with van der Waals surface area (Å²) in [5, 5.41) is 15.1. The fraction of sp³-hybridized carbons (Fsp3) is 0.750. The van der Waals surface area contributed by atoms with Gasteiger partial charge in [0.2, 0.25) is 5.17 Å². The van der Waals surface area contributed by atoms with Crippen LogP contribution in [-0.4, -0.2) is 23.0 Å². The Kier molecular flexibility index (Phi) is 4.65. The molecule has 0 atom stereocenters. The number of hydrogen-bond donors (Lipinski definition) is 1. The highest BCUT2D eigenvalue weighted by atomic mass is 32.2. The van der Waals surface area contributed by atoms with E-state index in [4.69, 9.17) is 0 Å². The second-order valence-electron chi connectivity index (χ2n) is 1.33. The number of amidine groups is 1. The van der Waals surface area contributed by atoms with E-state index in [0.717, 1.165) is 5.75 Å². The summed E-state index contributed by atoms with van der Waals surface area (Å²) in [6.07, 6.45) is 0. The first kappa shape index (κ1) is 9.22. The Balaban J connectivity index is 3.91. The van der Waals surface area contributed by atoms with Crippen LogP contribution in [0.25, 0.3) is 0 Å². The van der Waals surface area contributed by atoms with Gasteiger partial charge in [-0.25, -0.2) is 10.1 Å². The van der Waals surface area contributed by atoms with Gasteiger partial charge in [-0.1, -0.05) is 18.7 Å². The third-order valence-electron chi connectivity index (χ3n) is 0.667. The van der Waals surface area contributed by atoms with Gasteiger partial charge in [-0.2, -0.15) is 0 Å². The summed E-state index contributed by atoms with van der Waals surface area (Å²) in [4.78, 5) is 9.81. The summed E-state index contributed by atoms with van der Waals surface area (Å²) in [5.41, 5.74) is 0. The molecular formula is C4H9N3O2S. The van der Waals surface area contributed by atoms with Gasteiger partial charge in [0.15, 0.2) is 5.03 Å². The minimum Gasteiger partial charge on any atom is -0.363 e. The molecule has 0 amide bonds. The van der Waals surface area contributed by atoms with Crippen LogP contribution in [0.5, 0.6) is 0 Å². The highest BCUT2D eigenvalue weighted by Crippen LogP contribution is 1.99. The number of nitro groups is 1. The third-order valence-corrected chi connectivity index (χ3v) is 1.52. The topological polar surface area (TPSA) is 67.5 Å². The zero-order chi connectivity index (χ0) is 7.98. The van der Waals surface area contributed by atoms with Crippen molar-refractivity contribution in [3.8, 4) is 0 Å². The molecule has 6 heteroatoms. The molecule has 0 spiro atoms. The lowest BCUT2D eigenvalue weighted by Crippen LogP contribution is -2.16. The Morgan fingerprint density at radius 2 is 2.50 bits per heavy atom. The first-order chi connectivity index (χ1) is 4.70. The lowest BCUT2D eigenvalue weighted by molar-refractivity contribution is -0.484. The van der Waals surface area contributed by atoms with Gasteiger partial charge in [-0.05, 0) is 5.75 Å². The molecule has 0 saturated carbocycles. The van der Waals surface area contributed by atoms with Crippen LogP contribution in [-0.2, 0) is 0 Å². The van der Waals surface area contributed by atoms with Crippen LogP contribution in [0.4, 0.5) is 0 Å². The Morgan fingerprint density at radius 1 is 1.90 bits per heavy atom. The van der Waals surface area contributed by atoms with Gasteiger partial charge in [-0.3, -0.25) is 0 Å². The molecule has 0 aliphatic carbocycles. The van der Waals surface area contributed by atoms with Crippen molar-refractivity contribution in [2.45, 2.75) is 6.92 Å². The van der Waals surface area contributed by atoms with Crippen molar-refractivity contribution in [2.75, 3.05) is 12.8 Å². The molecule has 0 aliphatic rings. The fourth-order valence-electron chi connectivity index (χ4n) is 0.362. The average Bonchev–Trinajstić information content (AvgIpc) is 1.86. The normalized spacial score (nSPS) is 11.2. The zero-order valence-electron chi connectivity index (χ0n) is 5.83. The largest absolute Gasteiger partial charge is 0.363 e. The fourth-order valence-corrected chi connectivity index (χ4v) is 0.904. The SMILES string of the molecule is CCSC(=N[N+](=O)[O-])NC. The van der Waals surface area contributed by atoms with Crippen molar-refractivity contribution in [3.63, 3.8) is 0 Å². The summed E-state index contributed by atoms with van der Waals surface area (Å²) in [6.45, 7) is 1.90. The molecule has 1 N–H and O–H groups in total. The van der Waals surface area contributed by atoms with E-state index in [9.17, 15) is 10.1 Å². The Labute approximate surface area is 63.0 Å². The molecule has 0 aromatic heterocycles. The van der Waals surface area contributed by atoms with Gasteiger partial charge in [0.25, 0.3) is 0 Å². The molecule has 0 aromatic carbocycles. The van der Waals surface area contributed by atoms with E-state index in [1.54, 1.807) is 7.05 Å². The van der Waals surface area contributed by atoms with Gasteiger partial charge in [0, 0.05) is 7.05 Å². The molecule has 0 bridgehead atoms. The van der Waals surface area contributed by atoms with Crippen molar-refractivity contribution in [3.05, 3.63) is 10.1 Å². The highest BCUT2D eigenvalue weighted by molar-refractivity contribution is 8.13. The van der Waals surface area contributed by atoms with E-state index < -0.39 is 5.03 Å². The Morgan fingerprint density at radius 3 is 2.80 bits per heavy atom. The average molecular weight is 163 g/mol. The van der Waals surface area contributed by atoms with Crippen molar-refractivity contribution in [1.29, 1.82) is 0 Å². The summed E-state index contributed by atoms with van der Waals surface area (Å²) in [5.74, 6) is 0.771. The Hall–Kier alpha value is -0.780. The molecule has 5 nitrogen and oxygen atoms in total. The third kappa shape index (κ3) is 4.13. The number of nitrogens with one attached hydrogen (secondary N) is 1. The van der Waals surface area contributed by atoms with Crippen molar-refractivity contribution >= 4 is 16.9 Å². The van der Waals surface area contributed by atoms with Crippen LogP contribution in [0, 0.1) is 10.1 Å². The van der Waals surface area contributed by atoms with E-state index in [0.29, 0.717) is 5.17 Å². The molecule has 0 aromatic rings. The molecule has 0 fully saturated rings. The zero-order valence-corrected chi connectivity index (χ0v) is 6.64. The first-order valence-corrected chi connectivity index (χ1v) is 3.72. The van der Waals surface area contributed by atoms with Crippen LogP contribution < -0.4 is 5.32 Å². The summed E-state index contributed by atoms with van der Waals surface area (Å²) in [7, 11) is 1.60. The minimum atomic E-state index is -0.714. The van der Waals surface area contributed by atoms with E-state index >= 15 is 0 Å². The predicted molar refractivity (Wildman–Crippen MR) is 41.6 cm³/mol. The molecule has 10 heavy (non-hydrogen) atoms. The van der Waals surface area contributed by atoms with Gasteiger partial charge >= 0.3 is 0 Å². The number of hydrogen-bond acceptors (Lipinski definition) is 3. The van der Waals surface area contributed by atoms with Crippen LogP contribution in [0.1, 0.15) is 6.92 Å². The van der Waals surface area contributed by atoms with Crippen LogP contribution in [0.2, 0.25) is 0 Å². The van der Waals surface area contributed by atoms with E-state index in [-0.39, 0.29) is 0 Å². The summed E-state index contributed by atoms with van der Waals surface area (Å²) >= 11 is 1.30. The van der Waals surface area contributed by atoms with Crippen LogP contribution in [0.15, 0.2) is 5.10 Å². The smallest absolute Gasteiger partial charge is 0.234 e. The lowest BCUT2D eigenvalue weighted by Gasteiger charge is -1.95. The maximum absolute atomic E-state index is 9.81. The first-order valence-electron chi connectivity index (χ1n) is 2.74. The second kappa shape index (κ2) is 5.04. The summed E-state index contributed by atoms with van der Waals surface area (Å²) < 4.78 is 0. The molecule has 0 unspecified atom stereocenters. The number of nitrogens with zero attached hydrogens (tertiary/aromatic N) is 2.